The van der Waals surface area contributed by atoms with Gasteiger partial charge in [0.2, 0.25) is 10.0 Å². The fourth-order valence-electron chi connectivity index (χ4n) is 2.43. The average Bonchev–Trinajstić information content (AvgIpc) is 2.42. The molecule has 2 rings (SSSR count). The third-order valence-corrected chi connectivity index (χ3v) is 6.51. The van der Waals surface area contributed by atoms with Gasteiger partial charge in [-0.2, -0.15) is 4.31 Å². The maximum absolute atomic E-state index is 12.6. The molecule has 0 saturated carbocycles. The summed E-state index contributed by atoms with van der Waals surface area (Å²) in [5, 5.41) is 0.589. The molecule has 1 heterocycles. The molecule has 1 saturated heterocycles. The highest BCUT2D eigenvalue weighted by Crippen LogP contribution is 2.30. The van der Waals surface area contributed by atoms with E-state index in [9.17, 15) is 8.42 Å². The minimum atomic E-state index is -3.53. The standard InChI is InChI=1S/C13H18Cl2N2O2S/c1-9-4-5-17(8-10(9)7-16)20(18,19)11-2-3-12(14)13(15)6-11/h2-3,6,9-10H,4-5,7-8,16H2,1H3. The first-order chi connectivity index (χ1) is 9.36. The topological polar surface area (TPSA) is 63.4 Å². The zero-order chi connectivity index (χ0) is 14.9. The van der Waals surface area contributed by atoms with Gasteiger partial charge in [-0.15, -0.1) is 0 Å². The molecule has 2 N–H and O–H groups in total. The van der Waals surface area contributed by atoms with Crippen LogP contribution in [0.2, 0.25) is 10.0 Å². The number of rotatable bonds is 3. The van der Waals surface area contributed by atoms with Crippen molar-refractivity contribution in [2.75, 3.05) is 19.6 Å². The zero-order valence-corrected chi connectivity index (χ0v) is 13.5. The van der Waals surface area contributed by atoms with E-state index < -0.39 is 10.0 Å². The van der Waals surface area contributed by atoms with Gasteiger partial charge in [0.05, 0.1) is 14.9 Å². The van der Waals surface area contributed by atoms with E-state index in [1.54, 1.807) is 0 Å². The van der Waals surface area contributed by atoms with E-state index in [1.165, 1.54) is 22.5 Å². The monoisotopic (exact) mass is 336 g/mol. The molecule has 112 valence electrons. The second kappa shape index (κ2) is 6.20. The number of sulfonamides is 1. The molecule has 0 radical (unpaired) electrons. The molecule has 2 atom stereocenters. The van der Waals surface area contributed by atoms with Crippen LogP contribution < -0.4 is 5.73 Å². The number of hydrogen-bond donors (Lipinski definition) is 1. The summed E-state index contributed by atoms with van der Waals surface area (Å²) in [5.41, 5.74) is 5.72. The Morgan fingerprint density at radius 3 is 2.65 bits per heavy atom. The minimum absolute atomic E-state index is 0.178. The number of nitrogens with two attached hydrogens (primary N) is 1. The van der Waals surface area contributed by atoms with Crippen LogP contribution in [0.25, 0.3) is 0 Å². The molecular formula is C13H18Cl2N2O2S. The van der Waals surface area contributed by atoms with E-state index in [4.69, 9.17) is 28.9 Å². The Hall–Kier alpha value is -0.330. The van der Waals surface area contributed by atoms with Gasteiger partial charge in [0.25, 0.3) is 0 Å². The van der Waals surface area contributed by atoms with Crippen molar-refractivity contribution in [2.45, 2.75) is 18.2 Å². The van der Waals surface area contributed by atoms with Crippen LogP contribution in [0.15, 0.2) is 23.1 Å². The predicted molar refractivity (Wildman–Crippen MR) is 81.5 cm³/mol. The highest BCUT2D eigenvalue weighted by atomic mass is 35.5. The minimum Gasteiger partial charge on any atom is -0.330 e. The molecule has 1 aromatic rings. The fraction of sp³-hybridized carbons (Fsp3) is 0.538. The van der Waals surface area contributed by atoms with Crippen LogP contribution in [0.5, 0.6) is 0 Å². The molecule has 1 fully saturated rings. The largest absolute Gasteiger partial charge is 0.330 e. The Morgan fingerprint density at radius 2 is 2.05 bits per heavy atom. The van der Waals surface area contributed by atoms with E-state index in [0.29, 0.717) is 30.6 Å². The SMILES string of the molecule is CC1CCN(S(=O)(=O)c2ccc(Cl)c(Cl)c2)CC1CN. The molecule has 1 aromatic carbocycles. The van der Waals surface area contributed by atoms with Crippen molar-refractivity contribution in [3.63, 3.8) is 0 Å². The third kappa shape index (κ3) is 3.12. The second-order valence-electron chi connectivity index (χ2n) is 5.20. The smallest absolute Gasteiger partial charge is 0.243 e. The first kappa shape index (κ1) is 16.0. The Kier molecular flexibility index (Phi) is 4.97. The van der Waals surface area contributed by atoms with Crippen LogP contribution in [0.4, 0.5) is 0 Å². The molecule has 7 heteroatoms. The summed E-state index contributed by atoms with van der Waals surface area (Å²) in [6.07, 6.45) is 0.822. The van der Waals surface area contributed by atoms with Gasteiger partial charge in [-0.05, 0) is 43.0 Å². The number of piperidine rings is 1. The summed E-state index contributed by atoms with van der Waals surface area (Å²) in [6.45, 7) is 3.58. The van der Waals surface area contributed by atoms with E-state index in [1.807, 2.05) is 0 Å². The molecule has 0 aromatic heterocycles. The molecule has 2 unspecified atom stereocenters. The lowest BCUT2D eigenvalue weighted by Gasteiger charge is -2.35. The van der Waals surface area contributed by atoms with E-state index in [2.05, 4.69) is 6.92 Å². The van der Waals surface area contributed by atoms with Crippen molar-refractivity contribution in [1.82, 2.24) is 4.31 Å². The molecule has 0 bridgehead atoms. The van der Waals surface area contributed by atoms with Crippen molar-refractivity contribution in [3.8, 4) is 0 Å². The van der Waals surface area contributed by atoms with E-state index in [-0.39, 0.29) is 15.8 Å². The van der Waals surface area contributed by atoms with Gasteiger partial charge in [0, 0.05) is 13.1 Å². The van der Waals surface area contributed by atoms with Gasteiger partial charge < -0.3 is 5.73 Å². The van der Waals surface area contributed by atoms with Gasteiger partial charge in [0.15, 0.2) is 0 Å². The number of nitrogens with zero attached hydrogens (tertiary/aromatic N) is 1. The highest BCUT2D eigenvalue weighted by Gasteiger charge is 2.33. The summed E-state index contributed by atoms with van der Waals surface area (Å²) >= 11 is 11.7. The highest BCUT2D eigenvalue weighted by molar-refractivity contribution is 7.89. The summed E-state index contributed by atoms with van der Waals surface area (Å²) < 4.78 is 26.7. The number of halogens is 2. The lowest BCUT2D eigenvalue weighted by atomic mass is 9.88. The van der Waals surface area contributed by atoms with Crippen LogP contribution in [-0.2, 0) is 10.0 Å². The molecule has 0 aliphatic carbocycles. The normalized spacial score (nSPS) is 24.8. The Morgan fingerprint density at radius 1 is 1.35 bits per heavy atom. The van der Waals surface area contributed by atoms with Gasteiger partial charge >= 0.3 is 0 Å². The summed E-state index contributed by atoms with van der Waals surface area (Å²) in [4.78, 5) is 0.178. The molecule has 1 aliphatic heterocycles. The van der Waals surface area contributed by atoms with Crippen molar-refractivity contribution < 1.29 is 8.42 Å². The van der Waals surface area contributed by atoms with Crippen LogP contribution in [0.1, 0.15) is 13.3 Å². The van der Waals surface area contributed by atoms with Crippen LogP contribution >= 0.6 is 23.2 Å². The van der Waals surface area contributed by atoms with Gasteiger partial charge in [-0.1, -0.05) is 30.1 Å². The lowest BCUT2D eigenvalue weighted by molar-refractivity contribution is 0.203. The van der Waals surface area contributed by atoms with E-state index in [0.717, 1.165) is 6.42 Å². The second-order valence-corrected chi connectivity index (χ2v) is 7.95. The third-order valence-electron chi connectivity index (χ3n) is 3.91. The predicted octanol–water partition coefficient (Wildman–Crippen LogP) is 2.60. The first-order valence-corrected chi connectivity index (χ1v) is 8.71. The van der Waals surface area contributed by atoms with Gasteiger partial charge in [-0.25, -0.2) is 8.42 Å². The maximum atomic E-state index is 12.6. The molecule has 0 amide bonds. The summed E-state index contributed by atoms with van der Waals surface area (Å²) in [6, 6.07) is 4.39. The maximum Gasteiger partial charge on any atom is 0.243 e. The van der Waals surface area contributed by atoms with Gasteiger partial charge in [-0.3, -0.25) is 0 Å². The fourth-order valence-corrected chi connectivity index (χ4v) is 4.33. The van der Waals surface area contributed by atoms with Crippen LogP contribution in [-0.4, -0.2) is 32.4 Å². The van der Waals surface area contributed by atoms with Gasteiger partial charge in [0.1, 0.15) is 0 Å². The molecule has 1 aliphatic rings. The van der Waals surface area contributed by atoms with Crippen molar-refractivity contribution in [3.05, 3.63) is 28.2 Å². The average molecular weight is 337 g/mol. The Labute approximate surface area is 129 Å². The molecule has 0 spiro atoms. The molecular weight excluding hydrogens is 319 g/mol. The summed E-state index contributed by atoms with van der Waals surface area (Å²) in [7, 11) is -3.53. The summed E-state index contributed by atoms with van der Waals surface area (Å²) in [5.74, 6) is 0.640. The van der Waals surface area contributed by atoms with Crippen LogP contribution in [0.3, 0.4) is 0 Å². The quantitative estimate of drug-likeness (QED) is 0.922. The molecule has 4 nitrogen and oxygen atoms in total. The number of hydrogen-bond acceptors (Lipinski definition) is 3. The lowest BCUT2D eigenvalue weighted by Crippen LogP contribution is -2.45. The zero-order valence-electron chi connectivity index (χ0n) is 11.2. The first-order valence-electron chi connectivity index (χ1n) is 6.51. The number of benzene rings is 1. The van der Waals surface area contributed by atoms with E-state index >= 15 is 0 Å². The van der Waals surface area contributed by atoms with Crippen molar-refractivity contribution in [2.24, 2.45) is 17.6 Å². The molecule has 20 heavy (non-hydrogen) atoms. The van der Waals surface area contributed by atoms with Crippen LogP contribution in [0, 0.1) is 11.8 Å². The Balaban J connectivity index is 2.28. The Bertz CT molecular complexity index is 592. The van der Waals surface area contributed by atoms with Crippen molar-refractivity contribution in [1.29, 1.82) is 0 Å². The van der Waals surface area contributed by atoms with Crippen molar-refractivity contribution >= 4 is 33.2 Å².